The largest absolute Gasteiger partial charge is 0.469 e. The van der Waals surface area contributed by atoms with Gasteiger partial charge in [0.15, 0.2) is 0 Å². The van der Waals surface area contributed by atoms with Gasteiger partial charge in [0, 0.05) is 6.54 Å². The number of aryl methyl sites for hydroxylation is 1. The highest BCUT2D eigenvalue weighted by atomic mass is 16.4. The molecule has 0 spiro atoms. The Labute approximate surface area is 131 Å². The van der Waals surface area contributed by atoms with Crippen LogP contribution in [0.1, 0.15) is 11.3 Å². The van der Waals surface area contributed by atoms with Gasteiger partial charge in [-0.05, 0) is 25.0 Å². The zero-order valence-corrected chi connectivity index (χ0v) is 12.5. The fourth-order valence-corrected chi connectivity index (χ4v) is 2.16. The maximum atomic E-state index is 12.0. The summed E-state index contributed by atoms with van der Waals surface area (Å²) in [6.07, 6.45) is 2.12. The molecule has 0 aliphatic heterocycles. The Morgan fingerprint density at radius 1 is 1.26 bits per heavy atom. The molecule has 0 aliphatic rings. The summed E-state index contributed by atoms with van der Waals surface area (Å²) in [7, 11) is 0. The number of hydrogen-bond acceptors (Lipinski definition) is 5. The van der Waals surface area contributed by atoms with Crippen LogP contribution in [-0.2, 0) is 6.42 Å². The van der Waals surface area contributed by atoms with Crippen LogP contribution in [0.15, 0.2) is 56.3 Å². The van der Waals surface area contributed by atoms with Crippen LogP contribution in [0.5, 0.6) is 0 Å². The summed E-state index contributed by atoms with van der Waals surface area (Å²) in [6, 6.07) is 10.7. The Balaban J connectivity index is 1.67. The number of carbonyl (C=O) groups excluding carboxylic acids is 1. The van der Waals surface area contributed by atoms with Gasteiger partial charge in [-0.2, -0.15) is 0 Å². The average Bonchev–Trinajstić information content (AvgIpc) is 3.14. The van der Waals surface area contributed by atoms with E-state index in [-0.39, 0.29) is 5.89 Å². The van der Waals surface area contributed by atoms with E-state index < -0.39 is 11.8 Å². The Morgan fingerprint density at radius 2 is 2.04 bits per heavy atom. The maximum Gasteiger partial charge on any atom is 0.446 e. The van der Waals surface area contributed by atoms with E-state index in [0.29, 0.717) is 29.0 Å². The summed E-state index contributed by atoms with van der Waals surface area (Å²) in [5, 5.41) is 6.54. The lowest BCUT2D eigenvalue weighted by atomic mass is 10.1. The van der Waals surface area contributed by atoms with Crippen molar-refractivity contribution < 1.29 is 13.6 Å². The first-order valence-electron chi connectivity index (χ1n) is 7.12. The fourth-order valence-electron chi connectivity index (χ4n) is 2.16. The van der Waals surface area contributed by atoms with Crippen molar-refractivity contribution in [2.24, 2.45) is 0 Å². The molecule has 1 amide bonds. The number of amides is 1. The van der Waals surface area contributed by atoms with Crippen LogP contribution in [0.25, 0.3) is 11.5 Å². The summed E-state index contributed by atoms with van der Waals surface area (Å²) < 4.78 is 10.8. The molecule has 0 aliphatic carbocycles. The molecule has 0 radical (unpaired) electrons. The Hall–Kier alpha value is -3.09. The van der Waals surface area contributed by atoms with Crippen molar-refractivity contribution in [2.75, 3.05) is 6.54 Å². The third-order valence-electron chi connectivity index (χ3n) is 3.36. The van der Waals surface area contributed by atoms with Crippen molar-refractivity contribution in [1.82, 2.24) is 15.1 Å². The van der Waals surface area contributed by atoms with Crippen molar-refractivity contribution >= 4 is 6.03 Å². The second-order valence-corrected chi connectivity index (χ2v) is 4.94. The summed E-state index contributed by atoms with van der Waals surface area (Å²) in [6.45, 7) is 2.11. The third-order valence-corrected chi connectivity index (χ3v) is 3.36. The van der Waals surface area contributed by atoms with E-state index in [9.17, 15) is 9.59 Å². The third kappa shape index (κ3) is 3.23. The molecule has 0 unspecified atom stereocenters. The molecular weight excluding hydrogens is 298 g/mol. The van der Waals surface area contributed by atoms with Gasteiger partial charge in [-0.25, -0.2) is 9.59 Å². The lowest BCUT2D eigenvalue weighted by Crippen LogP contribution is -2.36. The first-order valence-corrected chi connectivity index (χ1v) is 7.12. The Bertz CT molecular complexity index is 861. The topological polar surface area (TPSA) is 90.3 Å². The zero-order chi connectivity index (χ0) is 16.2. The molecule has 1 N–H and O–H groups in total. The molecule has 23 heavy (non-hydrogen) atoms. The molecule has 7 heteroatoms. The quantitative estimate of drug-likeness (QED) is 0.797. The number of carbonyl (C=O) groups is 1. The van der Waals surface area contributed by atoms with E-state index in [1.165, 1.54) is 6.26 Å². The number of benzene rings is 1. The zero-order valence-electron chi connectivity index (χ0n) is 12.5. The van der Waals surface area contributed by atoms with E-state index in [4.69, 9.17) is 8.83 Å². The molecule has 118 valence electrons. The first-order chi connectivity index (χ1) is 11.1. The molecular formula is C16H15N3O4. The highest BCUT2D eigenvalue weighted by Crippen LogP contribution is 2.20. The predicted octanol–water partition coefficient (Wildman–Crippen LogP) is 2.21. The maximum absolute atomic E-state index is 12.0. The number of aromatic nitrogens is 2. The van der Waals surface area contributed by atoms with E-state index in [1.54, 1.807) is 13.0 Å². The summed E-state index contributed by atoms with van der Waals surface area (Å²) in [4.78, 5) is 23.8. The lowest BCUT2D eigenvalue weighted by molar-refractivity contribution is 0.238. The van der Waals surface area contributed by atoms with Crippen LogP contribution in [0.4, 0.5) is 4.79 Å². The summed E-state index contributed by atoms with van der Waals surface area (Å²) in [5.74, 6) is -0.222. The lowest BCUT2D eigenvalue weighted by Gasteiger charge is -2.03. The second kappa shape index (κ2) is 6.35. The molecule has 0 saturated heterocycles. The van der Waals surface area contributed by atoms with Crippen molar-refractivity contribution in [3.05, 3.63) is 64.5 Å². The minimum absolute atomic E-state index is 0.0551. The summed E-state index contributed by atoms with van der Waals surface area (Å²) >= 11 is 0. The Morgan fingerprint density at radius 3 is 2.74 bits per heavy atom. The van der Waals surface area contributed by atoms with Crippen molar-refractivity contribution in [3.63, 3.8) is 0 Å². The first kappa shape index (κ1) is 14.8. The van der Waals surface area contributed by atoms with Crippen LogP contribution in [-0.4, -0.2) is 22.4 Å². The molecule has 3 rings (SSSR count). The molecule has 7 nitrogen and oxygen atoms in total. The Kier molecular flexibility index (Phi) is 4.09. The molecule has 2 aromatic heterocycles. The molecule has 0 saturated carbocycles. The van der Waals surface area contributed by atoms with Crippen molar-refractivity contribution in [3.8, 4) is 11.5 Å². The van der Waals surface area contributed by atoms with E-state index in [0.717, 1.165) is 5.56 Å². The van der Waals surface area contributed by atoms with Gasteiger partial charge in [0.25, 0.3) is 5.89 Å². The minimum atomic E-state index is -0.835. The number of furan rings is 1. The van der Waals surface area contributed by atoms with Gasteiger partial charge in [0.05, 0.1) is 11.8 Å². The van der Waals surface area contributed by atoms with E-state index in [1.807, 2.05) is 30.3 Å². The smallest absolute Gasteiger partial charge is 0.446 e. The molecule has 0 bridgehead atoms. The van der Waals surface area contributed by atoms with Gasteiger partial charge in [-0.15, -0.1) is 9.78 Å². The van der Waals surface area contributed by atoms with Crippen molar-refractivity contribution in [2.45, 2.75) is 13.3 Å². The van der Waals surface area contributed by atoms with Gasteiger partial charge in [-0.1, -0.05) is 30.3 Å². The fraction of sp³-hybridized carbons (Fsp3) is 0.188. The normalized spacial score (nSPS) is 10.7. The SMILES string of the molecule is Cc1occc1-c1nn(C(=O)NCCc2ccccc2)c(=O)o1. The van der Waals surface area contributed by atoms with Gasteiger partial charge < -0.3 is 14.2 Å². The van der Waals surface area contributed by atoms with Crippen molar-refractivity contribution in [1.29, 1.82) is 0 Å². The highest BCUT2D eigenvalue weighted by molar-refractivity contribution is 5.75. The highest BCUT2D eigenvalue weighted by Gasteiger charge is 2.18. The van der Waals surface area contributed by atoms with Crippen LogP contribution in [0, 0.1) is 6.92 Å². The van der Waals surface area contributed by atoms with Crippen LogP contribution >= 0.6 is 0 Å². The van der Waals surface area contributed by atoms with Crippen LogP contribution in [0.2, 0.25) is 0 Å². The van der Waals surface area contributed by atoms with Gasteiger partial charge in [0.2, 0.25) is 0 Å². The van der Waals surface area contributed by atoms with E-state index >= 15 is 0 Å². The minimum Gasteiger partial charge on any atom is -0.469 e. The number of rotatable bonds is 4. The molecule has 2 heterocycles. The van der Waals surface area contributed by atoms with Gasteiger partial charge >= 0.3 is 11.8 Å². The molecule has 0 fully saturated rings. The monoisotopic (exact) mass is 313 g/mol. The standard InChI is InChI=1S/C16H15N3O4/c1-11-13(8-10-22-11)14-18-19(16(21)23-14)15(20)17-9-7-12-5-3-2-4-6-12/h2-6,8,10H,7,9H2,1H3,(H,17,20). The van der Waals surface area contributed by atoms with Gasteiger partial charge in [-0.3, -0.25) is 0 Å². The average molecular weight is 313 g/mol. The van der Waals surface area contributed by atoms with Gasteiger partial charge in [0.1, 0.15) is 5.76 Å². The summed E-state index contributed by atoms with van der Waals surface area (Å²) in [5.41, 5.74) is 1.63. The van der Waals surface area contributed by atoms with Crippen LogP contribution in [0.3, 0.4) is 0 Å². The molecule has 0 atom stereocenters. The van der Waals surface area contributed by atoms with Crippen LogP contribution < -0.4 is 11.1 Å². The number of nitrogens with one attached hydrogen (secondary N) is 1. The predicted molar refractivity (Wildman–Crippen MR) is 82.1 cm³/mol. The molecule has 3 aromatic rings. The van der Waals surface area contributed by atoms with E-state index in [2.05, 4.69) is 10.4 Å². The number of hydrogen-bond donors (Lipinski definition) is 1. The second-order valence-electron chi connectivity index (χ2n) is 4.94. The molecule has 1 aromatic carbocycles. The number of nitrogens with zero attached hydrogens (tertiary/aromatic N) is 2.